The molecule has 0 unspecified atom stereocenters. The molecule has 42 valence electrons. The summed E-state index contributed by atoms with van der Waals surface area (Å²) in [6.45, 7) is 0. The van der Waals surface area contributed by atoms with Crippen molar-refractivity contribution in [2.75, 3.05) is 0 Å². The van der Waals surface area contributed by atoms with Crippen LogP contribution in [-0.2, 0) is 0 Å². The second kappa shape index (κ2) is 3.53. The normalized spacial score (nSPS) is 8.00. The van der Waals surface area contributed by atoms with E-state index in [4.69, 9.17) is 0 Å². The van der Waals surface area contributed by atoms with Crippen LogP contribution < -0.4 is 0 Å². The van der Waals surface area contributed by atoms with Gasteiger partial charge < -0.3 is 0 Å². The van der Waals surface area contributed by atoms with E-state index < -0.39 is 0 Å². The van der Waals surface area contributed by atoms with E-state index in [0.717, 1.165) is 0 Å². The van der Waals surface area contributed by atoms with Crippen LogP contribution in [0.25, 0.3) is 0 Å². The Labute approximate surface area is 54.7 Å². The molecule has 0 saturated carbocycles. The summed E-state index contributed by atoms with van der Waals surface area (Å²) in [5.74, 6) is 0. The summed E-state index contributed by atoms with van der Waals surface area (Å²) < 4.78 is 3.13. The first-order valence-corrected chi connectivity index (χ1v) is 4.24. The molecular weight excluding hydrogens is 165 g/mol. The SMILES string of the molecule is c1ccc[se][nH]cc1. The second-order valence-electron chi connectivity index (χ2n) is 1.31. The predicted molar refractivity (Wildman–Crippen MR) is 35.4 cm³/mol. The number of hydrogen-bond donors (Lipinski definition) is 1. The molecule has 0 radical (unpaired) electrons. The molecule has 1 heterocycles. The van der Waals surface area contributed by atoms with Gasteiger partial charge in [-0.1, -0.05) is 0 Å². The molecule has 1 N–H and O–H groups in total. The fraction of sp³-hybridized carbons (Fsp3) is 0. The van der Waals surface area contributed by atoms with Crippen LogP contribution in [0.1, 0.15) is 0 Å². The first-order chi connectivity index (χ1) is 4.00. The van der Waals surface area contributed by atoms with Gasteiger partial charge in [-0.05, 0) is 0 Å². The van der Waals surface area contributed by atoms with E-state index in [9.17, 15) is 0 Å². The molecule has 0 aromatic carbocycles. The predicted octanol–water partition coefficient (Wildman–Crippen LogP) is 1.20. The molecule has 0 spiro atoms. The van der Waals surface area contributed by atoms with Crippen molar-refractivity contribution in [3.05, 3.63) is 35.4 Å². The van der Waals surface area contributed by atoms with Crippen LogP contribution in [0.15, 0.2) is 35.4 Å². The van der Waals surface area contributed by atoms with Gasteiger partial charge in [0.25, 0.3) is 0 Å². The molecule has 0 aliphatic carbocycles. The third-order valence-corrected chi connectivity index (χ3v) is 1.90. The Morgan fingerprint density at radius 3 is 2.88 bits per heavy atom. The van der Waals surface area contributed by atoms with Crippen LogP contribution in [0.3, 0.4) is 0 Å². The zero-order valence-electron chi connectivity index (χ0n) is 4.37. The van der Waals surface area contributed by atoms with E-state index in [1.54, 1.807) is 0 Å². The first-order valence-electron chi connectivity index (χ1n) is 2.40. The first kappa shape index (κ1) is 5.67. The molecule has 0 atom stereocenters. The van der Waals surface area contributed by atoms with Crippen molar-refractivity contribution in [1.29, 1.82) is 0 Å². The molecule has 1 nitrogen and oxygen atoms in total. The molecule has 1 aromatic heterocycles. The number of rotatable bonds is 0. The summed E-state index contributed by atoms with van der Waals surface area (Å²) in [5, 5.41) is 0. The summed E-state index contributed by atoms with van der Waals surface area (Å²) >= 11 is 0.460. The average Bonchev–Trinajstić information content (AvgIpc) is 1.62. The third kappa shape index (κ3) is 2.01. The fourth-order valence-electron chi connectivity index (χ4n) is 0.386. The Balaban J connectivity index is 3.00. The van der Waals surface area contributed by atoms with Crippen molar-refractivity contribution in [2.24, 2.45) is 0 Å². The number of hydrogen-bond acceptors (Lipinski definition) is 0. The molecule has 0 bridgehead atoms. The molecular formula is C6H7NSe. The van der Waals surface area contributed by atoms with E-state index in [2.05, 4.69) is 15.0 Å². The van der Waals surface area contributed by atoms with Gasteiger partial charge in [0.1, 0.15) is 0 Å². The Kier molecular flexibility index (Phi) is 2.50. The van der Waals surface area contributed by atoms with Gasteiger partial charge in [-0.15, -0.1) is 0 Å². The monoisotopic (exact) mass is 173 g/mol. The van der Waals surface area contributed by atoms with Gasteiger partial charge >= 0.3 is 54.1 Å². The van der Waals surface area contributed by atoms with Crippen molar-refractivity contribution in [1.82, 2.24) is 3.98 Å². The summed E-state index contributed by atoms with van der Waals surface area (Å²) in [6.07, 6.45) is 1.96. The third-order valence-electron chi connectivity index (χ3n) is 0.712. The van der Waals surface area contributed by atoms with Crippen molar-refractivity contribution in [2.45, 2.75) is 0 Å². The van der Waals surface area contributed by atoms with E-state index in [1.807, 2.05) is 24.4 Å². The van der Waals surface area contributed by atoms with E-state index in [0.29, 0.717) is 14.7 Å². The van der Waals surface area contributed by atoms with Gasteiger partial charge in [0.2, 0.25) is 0 Å². The van der Waals surface area contributed by atoms with Crippen LogP contribution in [-0.4, -0.2) is 18.7 Å². The van der Waals surface area contributed by atoms with Crippen molar-refractivity contribution >= 4 is 14.7 Å². The van der Waals surface area contributed by atoms with Crippen LogP contribution in [0, 0.1) is 0 Å². The Bertz CT molecular complexity index is 113. The van der Waals surface area contributed by atoms with E-state index >= 15 is 0 Å². The maximum atomic E-state index is 3.13. The fourth-order valence-corrected chi connectivity index (χ4v) is 1.24. The molecule has 1 rings (SSSR count). The number of nitrogens with one attached hydrogen (secondary N) is 1. The molecule has 8 heavy (non-hydrogen) atoms. The zero-order valence-corrected chi connectivity index (χ0v) is 6.09. The zero-order chi connectivity index (χ0) is 5.66. The number of aromatic nitrogens is 1. The van der Waals surface area contributed by atoms with Crippen molar-refractivity contribution in [3.8, 4) is 0 Å². The van der Waals surface area contributed by atoms with E-state index in [-0.39, 0.29) is 0 Å². The molecule has 2 heteroatoms. The van der Waals surface area contributed by atoms with Crippen LogP contribution >= 0.6 is 0 Å². The van der Waals surface area contributed by atoms with Crippen molar-refractivity contribution < 1.29 is 0 Å². The van der Waals surface area contributed by atoms with Gasteiger partial charge in [-0.2, -0.15) is 0 Å². The molecule has 0 fully saturated rings. The minimum absolute atomic E-state index is 0.460. The summed E-state index contributed by atoms with van der Waals surface area (Å²) in [6, 6.07) is 8.07. The standard InChI is InChI=1S/C6H7NSe/c1-2-4-6-8-7-5-3-1/h1-7H. The molecule has 0 amide bonds. The summed E-state index contributed by atoms with van der Waals surface area (Å²) in [7, 11) is 0. The van der Waals surface area contributed by atoms with Gasteiger partial charge in [-0.3, -0.25) is 0 Å². The van der Waals surface area contributed by atoms with Gasteiger partial charge in [0, 0.05) is 0 Å². The second-order valence-corrected chi connectivity index (χ2v) is 2.87. The average molecular weight is 172 g/mol. The van der Waals surface area contributed by atoms with Crippen molar-refractivity contribution in [3.63, 3.8) is 0 Å². The maximum absolute atomic E-state index is 3.13. The van der Waals surface area contributed by atoms with Gasteiger partial charge in [0.15, 0.2) is 0 Å². The van der Waals surface area contributed by atoms with E-state index in [1.165, 1.54) is 0 Å². The van der Waals surface area contributed by atoms with Crippen LogP contribution in [0.4, 0.5) is 0 Å². The Morgan fingerprint density at radius 1 is 1.00 bits per heavy atom. The Hall–Kier alpha value is -0.461. The summed E-state index contributed by atoms with van der Waals surface area (Å²) in [5.41, 5.74) is 0. The molecule has 1 aromatic rings. The van der Waals surface area contributed by atoms with Gasteiger partial charge in [0.05, 0.1) is 0 Å². The van der Waals surface area contributed by atoms with Gasteiger partial charge in [-0.25, -0.2) is 0 Å². The Morgan fingerprint density at radius 2 is 1.88 bits per heavy atom. The quantitative estimate of drug-likeness (QED) is 0.566. The van der Waals surface area contributed by atoms with Crippen LogP contribution in [0.2, 0.25) is 0 Å². The molecule has 0 aliphatic heterocycles. The molecule has 0 aliphatic rings. The minimum atomic E-state index is 0.460. The molecule has 0 saturated heterocycles. The topological polar surface area (TPSA) is 15.8 Å². The van der Waals surface area contributed by atoms with Crippen LogP contribution in [0.5, 0.6) is 0 Å². The number of aromatic amines is 1. The number of H-pyrrole nitrogens is 1. The summed E-state index contributed by atoms with van der Waals surface area (Å²) in [4.78, 5) is 2.13.